The highest BCUT2D eigenvalue weighted by Crippen LogP contribution is 2.36. The molecule has 2 aromatic carbocycles. The molecule has 2 aliphatic rings. The van der Waals surface area contributed by atoms with E-state index in [2.05, 4.69) is 44.0 Å². The van der Waals surface area contributed by atoms with Crippen LogP contribution in [0.2, 0.25) is 0 Å². The van der Waals surface area contributed by atoms with Crippen molar-refractivity contribution in [1.29, 1.82) is 0 Å². The second-order valence-electron chi connectivity index (χ2n) is 10.6. The lowest BCUT2D eigenvalue weighted by atomic mass is 9.96. The average Bonchev–Trinajstić information content (AvgIpc) is 3.31. The van der Waals surface area contributed by atoms with Crippen molar-refractivity contribution in [3.05, 3.63) is 47.5 Å². The van der Waals surface area contributed by atoms with Crippen LogP contribution in [0, 0.1) is 5.92 Å². The number of rotatable bonds is 8. The molecule has 9 nitrogen and oxygen atoms in total. The van der Waals surface area contributed by atoms with E-state index in [-0.39, 0.29) is 17.5 Å². The molecule has 0 spiro atoms. The van der Waals surface area contributed by atoms with Crippen molar-refractivity contribution in [2.24, 2.45) is 5.92 Å². The zero-order valence-corrected chi connectivity index (χ0v) is 22.6. The first-order valence-corrected chi connectivity index (χ1v) is 13.9. The Labute approximate surface area is 224 Å². The Morgan fingerprint density at radius 3 is 2.13 bits per heavy atom. The van der Waals surface area contributed by atoms with E-state index in [0.29, 0.717) is 29.1 Å². The van der Waals surface area contributed by atoms with Gasteiger partial charge in [-0.15, -0.1) is 5.10 Å². The van der Waals surface area contributed by atoms with Gasteiger partial charge in [-0.2, -0.15) is 0 Å². The summed E-state index contributed by atoms with van der Waals surface area (Å²) in [5, 5.41) is 38.9. The molecule has 0 bridgehead atoms. The van der Waals surface area contributed by atoms with Crippen LogP contribution in [0.5, 0.6) is 17.5 Å². The predicted molar refractivity (Wildman–Crippen MR) is 148 cm³/mol. The van der Waals surface area contributed by atoms with Gasteiger partial charge in [0, 0.05) is 45.3 Å². The molecule has 0 unspecified atom stereocenters. The minimum absolute atomic E-state index is 0.0338. The summed E-state index contributed by atoms with van der Waals surface area (Å²) in [6.07, 6.45) is 3.26. The summed E-state index contributed by atoms with van der Waals surface area (Å²) in [5.41, 5.74) is 3.01. The molecule has 9 heteroatoms. The van der Waals surface area contributed by atoms with E-state index in [1.54, 1.807) is 6.07 Å². The smallest absolute Gasteiger partial charge is 0.319 e. The molecule has 204 valence electrons. The number of aromatic hydroxyl groups is 3. The minimum atomic E-state index is -0.255. The molecule has 1 aromatic heterocycles. The molecule has 0 aliphatic carbocycles. The fraction of sp³-hybridized carbons (Fsp3) is 0.517. The molecule has 3 N–H and O–H groups in total. The van der Waals surface area contributed by atoms with Gasteiger partial charge in [0.1, 0.15) is 11.5 Å². The lowest BCUT2D eigenvalue weighted by Crippen LogP contribution is -2.48. The van der Waals surface area contributed by atoms with Crippen LogP contribution in [0.25, 0.3) is 17.1 Å². The first-order chi connectivity index (χ1) is 18.4. The fourth-order valence-corrected chi connectivity index (χ4v) is 5.76. The number of aryl methyl sites for hydroxylation is 1. The van der Waals surface area contributed by atoms with Gasteiger partial charge >= 0.3 is 6.01 Å². The topological polar surface area (TPSA) is 101 Å². The molecule has 2 aliphatic heterocycles. The molecule has 2 fully saturated rings. The van der Waals surface area contributed by atoms with Crippen molar-refractivity contribution in [3.8, 4) is 34.6 Å². The minimum Gasteiger partial charge on any atom is -0.508 e. The van der Waals surface area contributed by atoms with Gasteiger partial charge in [-0.1, -0.05) is 31.1 Å². The number of phenolic OH excluding ortho intramolecular Hbond substituents is 2. The lowest BCUT2D eigenvalue weighted by Gasteiger charge is -2.38. The molecule has 5 rings (SSSR count). The van der Waals surface area contributed by atoms with E-state index in [9.17, 15) is 15.3 Å². The highest BCUT2D eigenvalue weighted by Gasteiger charge is 2.24. The molecular weight excluding hydrogens is 480 g/mol. The Morgan fingerprint density at radius 2 is 1.47 bits per heavy atom. The number of benzene rings is 2. The highest BCUT2D eigenvalue weighted by molar-refractivity contribution is 5.69. The number of hydrogen-bond acceptors (Lipinski definition) is 8. The molecule has 0 radical (unpaired) electrons. The molecule has 0 amide bonds. The maximum atomic E-state index is 10.5. The van der Waals surface area contributed by atoms with Gasteiger partial charge in [0.05, 0.1) is 11.3 Å². The van der Waals surface area contributed by atoms with Crippen LogP contribution in [0.1, 0.15) is 37.8 Å². The lowest BCUT2D eigenvalue weighted by molar-refractivity contribution is 0.0930. The number of piperidine rings is 1. The predicted octanol–water partition coefficient (Wildman–Crippen LogP) is 3.46. The summed E-state index contributed by atoms with van der Waals surface area (Å²) in [4.78, 5) is 7.71. The first-order valence-electron chi connectivity index (χ1n) is 13.9. The monoisotopic (exact) mass is 520 g/mol. The molecule has 38 heavy (non-hydrogen) atoms. The summed E-state index contributed by atoms with van der Waals surface area (Å²) < 4.78 is 1.51. The summed E-state index contributed by atoms with van der Waals surface area (Å²) in [6.45, 7) is 14.4. The molecule has 2 saturated heterocycles. The van der Waals surface area contributed by atoms with E-state index in [0.717, 1.165) is 38.6 Å². The average molecular weight is 521 g/mol. The number of aromatic nitrogens is 3. The van der Waals surface area contributed by atoms with Gasteiger partial charge in [0.25, 0.3) is 0 Å². The van der Waals surface area contributed by atoms with Crippen LogP contribution in [-0.2, 0) is 13.0 Å². The molecule has 3 heterocycles. The Bertz CT molecular complexity index is 1210. The van der Waals surface area contributed by atoms with Crippen LogP contribution in [0.3, 0.4) is 0 Å². The van der Waals surface area contributed by atoms with Crippen LogP contribution < -0.4 is 0 Å². The van der Waals surface area contributed by atoms with Gasteiger partial charge in [0.2, 0.25) is 0 Å². The van der Waals surface area contributed by atoms with Crippen molar-refractivity contribution in [2.75, 3.05) is 52.4 Å². The van der Waals surface area contributed by atoms with Crippen LogP contribution in [0.15, 0.2) is 36.4 Å². The van der Waals surface area contributed by atoms with E-state index in [4.69, 9.17) is 0 Å². The second kappa shape index (κ2) is 11.7. The first kappa shape index (κ1) is 26.5. The Morgan fingerprint density at radius 1 is 0.789 bits per heavy atom. The van der Waals surface area contributed by atoms with Crippen molar-refractivity contribution in [3.63, 3.8) is 0 Å². The van der Waals surface area contributed by atoms with Gasteiger partial charge in [-0.3, -0.25) is 4.90 Å². The van der Waals surface area contributed by atoms with Crippen molar-refractivity contribution >= 4 is 0 Å². The Kier molecular flexibility index (Phi) is 8.16. The molecular formula is C29H40N6O3. The zero-order valence-electron chi connectivity index (χ0n) is 22.6. The second-order valence-corrected chi connectivity index (χ2v) is 10.6. The normalized spacial score (nSPS) is 18.3. The van der Waals surface area contributed by atoms with E-state index in [1.165, 1.54) is 55.2 Å². The Hall–Kier alpha value is -3.14. The quantitative estimate of drug-likeness (QED) is 0.415. The third kappa shape index (κ3) is 5.80. The van der Waals surface area contributed by atoms with Crippen LogP contribution in [0.4, 0.5) is 0 Å². The number of piperazine rings is 1. The van der Waals surface area contributed by atoms with Gasteiger partial charge in [-0.05, 0) is 74.1 Å². The molecule has 3 aromatic rings. The number of nitrogens with zero attached hydrogens (tertiary/aromatic N) is 6. The van der Waals surface area contributed by atoms with Gasteiger partial charge < -0.3 is 25.1 Å². The molecule has 0 saturated carbocycles. The zero-order chi connectivity index (χ0) is 26.6. The fourth-order valence-electron chi connectivity index (χ4n) is 5.76. The third-order valence-electron chi connectivity index (χ3n) is 8.20. The maximum Gasteiger partial charge on any atom is 0.319 e. The summed E-state index contributed by atoms with van der Waals surface area (Å²) >= 11 is 0. The number of likely N-dealkylation sites (tertiary alicyclic amines) is 1. The summed E-state index contributed by atoms with van der Waals surface area (Å²) in [5.74, 6) is 1.08. The van der Waals surface area contributed by atoms with Crippen LogP contribution in [-0.4, -0.2) is 97.1 Å². The van der Waals surface area contributed by atoms with Crippen LogP contribution >= 0.6 is 0 Å². The maximum absolute atomic E-state index is 10.5. The van der Waals surface area contributed by atoms with E-state index < -0.39 is 0 Å². The third-order valence-corrected chi connectivity index (χ3v) is 8.20. The van der Waals surface area contributed by atoms with Crippen molar-refractivity contribution in [2.45, 2.75) is 39.7 Å². The number of phenols is 2. The van der Waals surface area contributed by atoms with Gasteiger partial charge in [-0.25, -0.2) is 4.57 Å². The summed E-state index contributed by atoms with van der Waals surface area (Å²) in [6, 6.07) is 10.8. The van der Waals surface area contributed by atoms with Crippen molar-refractivity contribution in [1.82, 2.24) is 29.5 Å². The number of hydrogen-bond donors (Lipinski definition) is 3. The van der Waals surface area contributed by atoms with Gasteiger partial charge in [0.15, 0.2) is 5.82 Å². The largest absolute Gasteiger partial charge is 0.508 e. The van der Waals surface area contributed by atoms with Crippen molar-refractivity contribution < 1.29 is 15.3 Å². The molecule has 0 atom stereocenters. The van der Waals surface area contributed by atoms with E-state index in [1.807, 2.05) is 19.1 Å². The highest BCUT2D eigenvalue weighted by atomic mass is 16.3. The SMILES string of the molecule is CCc1cc(-c2nnc(O)n2-c2ccc(CN3CCN(CC4CCN(CC)CC4)CC3)cc2)c(O)cc1O. The standard InChI is InChI=1S/C29H40N6O3/c1-3-23-17-25(27(37)18-26(23)36)28-30-31-29(38)35(28)24-7-5-21(6-8-24)19-33-13-15-34(16-14-33)20-22-9-11-32(4-2)12-10-22/h5-8,17-18,22,36-37H,3-4,9-16,19-20H2,1-2H3,(H,31,38). The summed E-state index contributed by atoms with van der Waals surface area (Å²) in [7, 11) is 0. The van der Waals surface area contributed by atoms with E-state index >= 15 is 0 Å². The Balaban J connectivity index is 1.20.